The molecule has 1 saturated carbocycles. The molecule has 0 radical (unpaired) electrons. The fourth-order valence-electron chi connectivity index (χ4n) is 2.70. The van der Waals surface area contributed by atoms with Gasteiger partial charge in [0.15, 0.2) is 0 Å². The number of hydrogen-bond donors (Lipinski definition) is 2. The molecule has 1 aliphatic heterocycles. The molecule has 0 spiro atoms. The highest BCUT2D eigenvalue weighted by Crippen LogP contribution is 2.26. The molecule has 0 aromatic carbocycles. The van der Waals surface area contributed by atoms with Crippen LogP contribution in [-0.4, -0.2) is 54.4 Å². The summed E-state index contributed by atoms with van der Waals surface area (Å²) < 4.78 is 5.28. The molecule has 2 rings (SSSR count). The molecule has 1 amide bonds. The summed E-state index contributed by atoms with van der Waals surface area (Å²) in [7, 11) is 0. The van der Waals surface area contributed by atoms with Crippen LogP contribution in [0.2, 0.25) is 0 Å². The molecule has 2 fully saturated rings. The third kappa shape index (κ3) is 2.97. The minimum Gasteiger partial charge on any atom is -0.394 e. The van der Waals surface area contributed by atoms with E-state index in [0.717, 1.165) is 25.7 Å². The first kappa shape index (κ1) is 12.8. The highest BCUT2D eigenvalue weighted by Gasteiger charge is 2.33. The van der Waals surface area contributed by atoms with Gasteiger partial charge in [-0.05, 0) is 25.7 Å². The van der Waals surface area contributed by atoms with E-state index in [-0.39, 0.29) is 30.5 Å². The molecule has 0 aromatic heterocycles. The molecule has 1 atom stereocenters. The van der Waals surface area contributed by atoms with Crippen molar-refractivity contribution in [3.05, 3.63) is 0 Å². The number of hydrogen-bond acceptors (Lipinski definition) is 4. The first-order valence-corrected chi connectivity index (χ1v) is 6.47. The number of carbonyl (C=O) groups is 1. The zero-order chi connectivity index (χ0) is 12.3. The van der Waals surface area contributed by atoms with Crippen LogP contribution in [0, 0.1) is 5.92 Å². The summed E-state index contributed by atoms with van der Waals surface area (Å²) in [5, 5.41) is 9.26. The maximum Gasteiger partial charge on any atom is 0.226 e. The van der Waals surface area contributed by atoms with Gasteiger partial charge >= 0.3 is 0 Å². The topological polar surface area (TPSA) is 75.8 Å². The molecule has 2 aliphatic rings. The molecular weight excluding hydrogens is 220 g/mol. The summed E-state index contributed by atoms with van der Waals surface area (Å²) in [6.45, 7) is 1.62. The summed E-state index contributed by atoms with van der Waals surface area (Å²) in [4.78, 5) is 14.1. The van der Waals surface area contributed by atoms with E-state index in [2.05, 4.69) is 0 Å². The van der Waals surface area contributed by atoms with Gasteiger partial charge in [-0.25, -0.2) is 0 Å². The summed E-state index contributed by atoms with van der Waals surface area (Å²) in [5.74, 6) is 0.279. The van der Waals surface area contributed by atoms with Gasteiger partial charge in [0.2, 0.25) is 5.91 Å². The Hall–Kier alpha value is -0.650. The van der Waals surface area contributed by atoms with Crippen LogP contribution in [0.3, 0.4) is 0 Å². The normalized spacial score (nSPS) is 34.7. The molecule has 17 heavy (non-hydrogen) atoms. The summed E-state index contributed by atoms with van der Waals surface area (Å²) in [5.41, 5.74) is 5.84. The maximum atomic E-state index is 12.3. The molecule has 1 aliphatic carbocycles. The number of nitrogens with two attached hydrogens (primary N) is 1. The van der Waals surface area contributed by atoms with Crippen LogP contribution in [0.4, 0.5) is 0 Å². The fourth-order valence-corrected chi connectivity index (χ4v) is 2.70. The Morgan fingerprint density at radius 3 is 2.71 bits per heavy atom. The Bertz CT molecular complexity index is 264. The van der Waals surface area contributed by atoms with Crippen molar-refractivity contribution < 1.29 is 14.6 Å². The minimum absolute atomic E-state index is 0.0159. The van der Waals surface area contributed by atoms with Crippen molar-refractivity contribution in [2.45, 2.75) is 37.8 Å². The quantitative estimate of drug-likeness (QED) is 0.698. The van der Waals surface area contributed by atoms with Gasteiger partial charge in [-0.15, -0.1) is 0 Å². The van der Waals surface area contributed by atoms with Gasteiger partial charge in [0.25, 0.3) is 0 Å². The summed E-state index contributed by atoms with van der Waals surface area (Å²) in [6, 6.07) is 0.101. The minimum atomic E-state index is -0.160. The van der Waals surface area contributed by atoms with Crippen molar-refractivity contribution in [1.29, 1.82) is 0 Å². The number of rotatable bonds is 2. The summed E-state index contributed by atoms with van der Waals surface area (Å²) >= 11 is 0. The molecular formula is C12H22N2O3. The van der Waals surface area contributed by atoms with Gasteiger partial charge < -0.3 is 20.5 Å². The predicted octanol–water partition coefficient (Wildman–Crippen LogP) is -0.276. The molecule has 3 N–H and O–H groups in total. The smallest absolute Gasteiger partial charge is 0.226 e. The summed E-state index contributed by atoms with van der Waals surface area (Å²) in [6.07, 6.45) is 3.64. The highest BCUT2D eigenvalue weighted by atomic mass is 16.5. The van der Waals surface area contributed by atoms with E-state index in [1.807, 2.05) is 0 Å². The first-order chi connectivity index (χ1) is 8.22. The number of aliphatic hydroxyl groups is 1. The Labute approximate surface area is 102 Å². The van der Waals surface area contributed by atoms with E-state index in [0.29, 0.717) is 19.8 Å². The molecule has 0 bridgehead atoms. The molecule has 0 aromatic rings. The van der Waals surface area contributed by atoms with Crippen LogP contribution in [0.15, 0.2) is 0 Å². The van der Waals surface area contributed by atoms with Crippen molar-refractivity contribution in [3.63, 3.8) is 0 Å². The third-order valence-electron chi connectivity index (χ3n) is 3.84. The number of morpholine rings is 1. The second kappa shape index (κ2) is 5.80. The van der Waals surface area contributed by atoms with Crippen molar-refractivity contribution in [1.82, 2.24) is 4.90 Å². The Morgan fingerprint density at radius 2 is 2.06 bits per heavy atom. The van der Waals surface area contributed by atoms with Crippen molar-refractivity contribution in [2.24, 2.45) is 11.7 Å². The van der Waals surface area contributed by atoms with Crippen LogP contribution in [0.1, 0.15) is 25.7 Å². The third-order valence-corrected chi connectivity index (χ3v) is 3.84. The van der Waals surface area contributed by atoms with Crippen molar-refractivity contribution >= 4 is 5.91 Å². The molecule has 5 heteroatoms. The Balaban J connectivity index is 1.93. The van der Waals surface area contributed by atoms with Gasteiger partial charge in [-0.1, -0.05) is 0 Å². The lowest BCUT2D eigenvalue weighted by molar-refractivity contribution is -0.147. The zero-order valence-corrected chi connectivity index (χ0v) is 10.2. The van der Waals surface area contributed by atoms with Crippen LogP contribution in [0.5, 0.6) is 0 Å². The first-order valence-electron chi connectivity index (χ1n) is 6.47. The van der Waals surface area contributed by atoms with Crippen molar-refractivity contribution in [2.75, 3.05) is 26.4 Å². The number of aliphatic hydroxyl groups excluding tert-OH is 1. The van der Waals surface area contributed by atoms with Gasteiger partial charge in [0, 0.05) is 18.5 Å². The largest absolute Gasteiger partial charge is 0.394 e. The van der Waals surface area contributed by atoms with E-state index >= 15 is 0 Å². The number of ether oxygens (including phenoxy) is 1. The average molecular weight is 242 g/mol. The Morgan fingerprint density at radius 1 is 1.35 bits per heavy atom. The van der Waals surface area contributed by atoms with E-state index < -0.39 is 0 Å². The van der Waals surface area contributed by atoms with Crippen LogP contribution in [-0.2, 0) is 9.53 Å². The molecule has 1 heterocycles. The van der Waals surface area contributed by atoms with Crippen LogP contribution >= 0.6 is 0 Å². The van der Waals surface area contributed by atoms with E-state index in [1.54, 1.807) is 4.90 Å². The average Bonchev–Trinajstić information content (AvgIpc) is 2.39. The number of amides is 1. The lowest BCUT2D eigenvalue weighted by atomic mass is 9.85. The predicted molar refractivity (Wildman–Crippen MR) is 63.3 cm³/mol. The standard InChI is InChI=1S/C12H22N2O3/c13-10-3-1-9(2-4-10)12(16)14-5-6-17-8-11(14)7-15/h9-11,15H,1-8,13H2. The van der Waals surface area contributed by atoms with Gasteiger partial charge in [-0.3, -0.25) is 4.79 Å². The molecule has 1 unspecified atom stereocenters. The monoisotopic (exact) mass is 242 g/mol. The van der Waals surface area contributed by atoms with Gasteiger partial charge in [0.1, 0.15) is 0 Å². The van der Waals surface area contributed by atoms with Crippen LogP contribution < -0.4 is 5.73 Å². The van der Waals surface area contributed by atoms with E-state index in [4.69, 9.17) is 10.5 Å². The Kier molecular flexibility index (Phi) is 4.36. The molecule has 98 valence electrons. The highest BCUT2D eigenvalue weighted by molar-refractivity contribution is 5.79. The lowest BCUT2D eigenvalue weighted by Crippen LogP contribution is -2.52. The zero-order valence-electron chi connectivity index (χ0n) is 10.2. The SMILES string of the molecule is NC1CCC(C(=O)N2CCOCC2CO)CC1. The molecule has 5 nitrogen and oxygen atoms in total. The second-order valence-corrected chi connectivity index (χ2v) is 5.05. The fraction of sp³-hybridized carbons (Fsp3) is 0.917. The van der Waals surface area contributed by atoms with Crippen LogP contribution in [0.25, 0.3) is 0 Å². The van der Waals surface area contributed by atoms with Gasteiger partial charge in [-0.2, -0.15) is 0 Å². The van der Waals surface area contributed by atoms with E-state index in [9.17, 15) is 9.90 Å². The van der Waals surface area contributed by atoms with E-state index in [1.165, 1.54) is 0 Å². The lowest BCUT2D eigenvalue weighted by Gasteiger charge is -2.38. The maximum absolute atomic E-state index is 12.3. The molecule has 1 saturated heterocycles. The number of carbonyl (C=O) groups excluding carboxylic acids is 1. The second-order valence-electron chi connectivity index (χ2n) is 5.05. The number of nitrogens with zero attached hydrogens (tertiary/aromatic N) is 1. The van der Waals surface area contributed by atoms with Gasteiger partial charge in [0.05, 0.1) is 25.9 Å². The van der Waals surface area contributed by atoms with Crippen molar-refractivity contribution in [3.8, 4) is 0 Å².